The molecule has 0 spiro atoms. The minimum Gasteiger partial charge on any atom is -0.467 e. The molecule has 122 valence electrons. The van der Waals surface area contributed by atoms with Gasteiger partial charge in [0.2, 0.25) is 0 Å². The van der Waals surface area contributed by atoms with Gasteiger partial charge in [0.05, 0.1) is 12.8 Å². The van der Waals surface area contributed by atoms with Crippen LogP contribution in [-0.4, -0.2) is 22.0 Å². The van der Waals surface area contributed by atoms with Gasteiger partial charge in [0.15, 0.2) is 0 Å². The number of hydrogen-bond donors (Lipinski definition) is 0. The second-order valence-corrected chi connectivity index (χ2v) is 6.21. The molecule has 24 heavy (non-hydrogen) atoms. The number of carbonyl (C=O) groups excluding carboxylic acids is 1. The Bertz CT molecular complexity index is 771. The Hall–Kier alpha value is -2.53. The van der Waals surface area contributed by atoms with Gasteiger partial charge in [-0.1, -0.05) is 6.07 Å². The van der Waals surface area contributed by atoms with E-state index < -0.39 is 0 Å². The Kier molecular flexibility index (Phi) is 5.33. The van der Waals surface area contributed by atoms with Crippen LogP contribution in [0.1, 0.15) is 21.7 Å². The van der Waals surface area contributed by atoms with E-state index in [1.54, 1.807) is 35.3 Å². The third-order valence-corrected chi connectivity index (χ3v) is 4.39. The molecule has 0 atom stereocenters. The smallest absolute Gasteiger partial charge is 0.254 e. The molecule has 5 heteroatoms. The van der Waals surface area contributed by atoms with Gasteiger partial charge in [-0.2, -0.15) is 0 Å². The maximum absolute atomic E-state index is 12.9. The molecule has 0 aliphatic rings. The van der Waals surface area contributed by atoms with Crippen LogP contribution in [0.25, 0.3) is 0 Å². The van der Waals surface area contributed by atoms with Gasteiger partial charge in [-0.05, 0) is 54.3 Å². The van der Waals surface area contributed by atoms with Crippen LogP contribution in [-0.2, 0) is 13.1 Å². The monoisotopic (exact) mass is 338 g/mol. The summed E-state index contributed by atoms with van der Waals surface area (Å²) in [7, 11) is 0. The Morgan fingerprint density at radius 2 is 1.96 bits per heavy atom. The van der Waals surface area contributed by atoms with Crippen molar-refractivity contribution in [2.24, 2.45) is 0 Å². The van der Waals surface area contributed by atoms with E-state index in [0.29, 0.717) is 18.7 Å². The van der Waals surface area contributed by atoms with Crippen molar-refractivity contribution in [1.29, 1.82) is 0 Å². The van der Waals surface area contributed by atoms with E-state index in [9.17, 15) is 4.79 Å². The van der Waals surface area contributed by atoms with Gasteiger partial charge in [-0.3, -0.25) is 9.78 Å². The summed E-state index contributed by atoms with van der Waals surface area (Å²) in [6, 6.07) is 15.2. The summed E-state index contributed by atoms with van der Waals surface area (Å²) >= 11 is 1.66. The van der Waals surface area contributed by atoms with E-state index in [2.05, 4.69) is 4.98 Å². The minimum atomic E-state index is -0.0251. The number of furan rings is 1. The molecule has 1 aromatic carbocycles. The number of rotatable bonds is 6. The first-order valence-corrected chi connectivity index (χ1v) is 8.83. The van der Waals surface area contributed by atoms with Crippen molar-refractivity contribution in [2.75, 3.05) is 6.26 Å². The first-order valence-electron chi connectivity index (χ1n) is 7.61. The Labute approximate surface area is 145 Å². The first-order chi connectivity index (χ1) is 11.8. The summed E-state index contributed by atoms with van der Waals surface area (Å²) in [6.45, 7) is 0.905. The molecule has 0 aliphatic carbocycles. The normalized spacial score (nSPS) is 10.5. The molecular weight excluding hydrogens is 320 g/mol. The number of benzene rings is 1. The van der Waals surface area contributed by atoms with Crippen LogP contribution in [0.5, 0.6) is 0 Å². The molecular formula is C19H18N2O2S. The second-order valence-electron chi connectivity index (χ2n) is 5.33. The van der Waals surface area contributed by atoms with Gasteiger partial charge in [0.25, 0.3) is 5.91 Å². The highest BCUT2D eigenvalue weighted by molar-refractivity contribution is 7.98. The topological polar surface area (TPSA) is 46.3 Å². The van der Waals surface area contributed by atoms with E-state index in [1.165, 1.54) is 0 Å². The highest BCUT2D eigenvalue weighted by Crippen LogP contribution is 2.18. The molecule has 0 fully saturated rings. The van der Waals surface area contributed by atoms with E-state index in [4.69, 9.17) is 4.42 Å². The summed E-state index contributed by atoms with van der Waals surface area (Å²) in [4.78, 5) is 20.0. The summed E-state index contributed by atoms with van der Waals surface area (Å²) in [5.74, 6) is 0.732. The lowest BCUT2D eigenvalue weighted by Gasteiger charge is -2.22. The molecule has 0 saturated heterocycles. The Morgan fingerprint density at radius 3 is 2.58 bits per heavy atom. The van der Waals surface area contributed by atoms with Crippen LogP contribution in [0.4, 0.5) is 0 Å². The van der Waals surface area contributed by atoms with Crippen LogP contribution in [0.15, 0.2) is 76.5 Å². The van der Waals surface area contributed by atoms with Crippen molar-refractivity contribution < 1.29 is 9.21 Å². The summed E-state index contributed by atoms with van der Waals surface area (Å²) in [6.07, 6.45) is 7.14. The van der Waals surface area contributed by atoms with Gasteiger partial charge in [0, 0.05) is 29.4 Å². The Morgan fingerprint density at radius 1 is 1.12 bits per heavy atom. The van der Waals surface area contributed by atoms with Crippen molar-refractivity contribution in [3.8, 4) is 0 Å². The quantitative estimate of drug-likeness (QED) is 0.631. The molecule has 4 nitrogen and oxygen atoms in total. The zero-order chi connectivity index (χ0) is 16.8. The molecule has 0 radical (unpaired) electrons. The molecule has 0 unspecified atom stereocenters. The van der Waals surface area contributed by atoms with E-state index in [0.717, 1.165) is 16.2 Å². The maximum Gasteiger partial charge on any atom is 0.254 e. The summed E-state index contributed by atoms with van der Waals surface area (Å²) in [5, 5.41) is 0. The van der Waals surface area contributed by atoms with Crippen molar-refractivity contribution in [3.63, 3.8) is 0 Å². The number of carbonyl (C=O) groups is 1. The number of aromatic nitrogens is 1. The highest BCUT2D eigenvalue weighted by atomic mass is 32.2. The van der Waals surface area contributed by atoms with Crippen molar-refractivity contribution >= 4 is 17.7 Å². The van der Waals surface area contributed by atoms with Crippen molar-refractivity contribution in [3.05, 3.63) is 84.1 Å². The number of thioether (sulfide) groups is 1. The SMILES string of the molecule is CSc1ccc(C(=O)N(Cc2cccnc2)Cc2ccco2)cc1. The fraction of sp³-hybridized carbons (Fsp3) is 0.158. The Balaban J connectivity index is 1.83. The van der Waals surface area contributed by atoms with E-state index >= 15 is 0 Å². The molecule has 0 saturated carbocycles. The number of amides is 1. The van der Waals surface area contributed by atoms with Crippen LogP contribution < -0.4 is 0 Å². The predicted octanol–water partition coefficient (Wildman–Crippen LogP) is 4.24. The molecule has 0 aliphatic heterocycles. The standard InChI is InChI=1S/C19H18N2O2S/c1-24-18-8-6-16(7-9-18)19(22)21(14-17-5-3-11-23-17)13-15-4-2-10-20-12-15/h2-12H,13-14H2,1H3. The van der Waals surface area contributed by atoms with Crippen LogP contribution in [0, 0.1) is 0 Å². The second kappa shape index (κ2) is 7.84. The maximum atomic E-state index is 12.9. The lowest BCUT2D eigenvalue weighted by atomic mass is 10.1. The van der Waals surface area contributed by atoms with Crippen molar-refractivity contribution in [2.45, 2.75) is 18.0 Å². The lowest BCUT2D eigenvalue weighted by Crippen LogP contribution is -2.30. The number of nitrogens with zero attached hydrogens (tertiary/aromatic N) is 2. The number of pyridine rings is 1. The van der Waals surface area contributed by atoms with Crippen LogP contribution >= 0.6 is 11.8 Å². The average molecular weight is 338 g/mol. The largest absolute Gasteiger partial charge is 0.467 e. The number of hydrogen-bond acceptors (Lipinski definition) is 4. The lowest BCUT2D eigenvalue weighted by molar-refractivity contribution is 0.0717. The zero-order valence-corrected chi connectivity index (χ0v) is 14.2. The molecule has 0 bridgehead atoms. The fourth-order valence-electron chi connectivity index (χ4n) is 2.42. The predicted molar refractivity (Wildman–Crippen MR) is 94.7 cm³/mol. The molecule has 2 heterocycles. The molecule has 2 aromatic heterocycles. The van der Waals surface area contributed by atoms with Gasteiger partial charge >= 0.3 is 0 Å². The zero-order valence-electron chi connectivity index (χ0n) is 13.4. The molecule has 3 rings (SSSR count). The first kappa shape index (κ1) is 16.3. The van der Waals surface area contributed by atoms with E-state index in [1.807, 2.05) is 54.8 Å². The summed E-state index contributed by atoms with van der Waals surface area (Å²) in [5.41, 5.74) is 1.65. The molecule has 1 amide bonds. The highest BCUT2D eigenvalue weighted by Gasteiger charge is 2.18. The van der Waals surface area contributed by atoms with E-state index in [-0.39, 0.29) is 5.91 Å². The minimum absolute atomic E-state index is 0.0251. The van der Waals surface area contributed by atoms with Gasteiger partial charge < -0.3 is 9.32 Å². The third-order valence-electron chi connectivity index (χ3n) is 3.65. The molecule has 0 N–H and O–H groups in total. The van der Waals surface area contributed by atoms with Crippen molar-refractivity contribution in [1.82, 2.24) is 9.88 Å². The molecule has 3 aromatic rings. The third kappa shape index (κ3) is 4.06. The summed E-state index contributed by atoms with van der Waals surface area (Å²) < 4.78 is 5.41. The van der Waals surface area contributed by atoms with Gasteiger partial charge in [-0.15, -0.1) is 11.8 Å². The van der Waals surface area contributed by atoms with Crippen LogP contribution in [0.3, 0.4) is 0 Å². The van der Waals surface area contributed by atoms with Gasteiger partial charge in [0.1, 0.15) is 5.76 Å². The van der Waals surface area contributed by atoms with Crippen LogP contribution in [0.2, 0.25) is 0 Å². The fourth-order valence-corrected chi connectivity index (χ4v) is 2.83. The average Bonchev–Trinajstić information content (AvgIpc) is 3.15. The van der Waals surface area contributed by atoms with Gasteiger partial charge in [-0.25, -0.2) is 0 Å².